The van der Waals surface area contributed by atoms with Gasteiger partial charge in [0.05, 0.1) is 13.7 Å². The highest BCUT2D eigenvalue weighted by atomic mass is 32.1. The second kappa shape index (κ2) is 8.36. The van der Waals surface area contributed by atoms with Gasteiger partial charge in [-0.2, -0.15) is 0 Å². The first-order chi connectivity index (χ1) is 10.7. The zero-order chi connectivity index (χ0) is 15.8. The van der Waals surface area contributed by atoms with Crippen molar-refractivity contribution in [2.45, 2.75) is 6.54 Å². The molecule has 0 bridgehead atoms. The van der Waals surface area contributed by atoms with Gasteiger partial charge in [-0.15, -0.1) is 0 Å². The highest BCUT2D eigenvalue weighted by Gasteiger charge is 2.10. The molecule has 0 saturated heterocycles. The lowest BCUT2D eigenvalue weighted by atomic mass is 10.2. The molecule has 0 aromatic heterocycles. The Morgan fingerprint density at radius 2 is 1.95 bits per heavy atom. The minimum Gasteiger partial charge on any atom is -0.497 e. The van der Waals surface area contributed by atoms with Crippen molar-refractivity contribution in [3.8, 4) is 5.75 Å². The molecule has 2 rings (SSSR count). The van der Waals surface area contributed by atoms with E-state index in [0.717, 1.165) is 17.0 Å². The molecule has 0 radical (unpaired) electrons. The van der Waals surface area contributed by atoms with E-state index in [1.165, 1.54) is 0 Å². The lowest BCUT2D eigenvalue weighted by Crippen LogP contribution is -2.36. The number of anilines is 1. The van der Waals surface area contributed by atoms with E-state index in [1.54, 1.807) is 7.11 Å². The van der Waals surface area contributed by atoms with Crippen LogP contribution in [0, 0.1) is 0 Å². The first kappa shape index (κ1) is 16.3. The molecule has 0 aliphatic heterocycles. The summed E-state index contributed by atoms with van der Waals surface area (Å²) in [6.07, 6.45) is 0. The first-order valence-corrected chi connectivity index (χ1v) is 7.48. The highest BCUT2D eigenvalue weighted by molar-refractivity contribution is 7.80. The van der Waals surface area contributed by atoms with E-state index < -0.39 is 0 Å². The Morgan fingerprint density at radius 1 is 1.18 bits per heavy atom. The fourth-order valence-corrected chi connectivity index (χ4v) is 2.35. The minimum absolute atomic E-state index is 0.0484. The molecule has 5 heteroatoms. The van der Waals surface area contributed by atoms with Gasteiger partial charge in [-0.1, -0.05) is 36.4 Å². The monoisotopic (exact) mass is 316 g/mol. The van der Waals surface area contributed by atoms with Gasteiger partial charge in [0.15, 0.2) is 5.11 Å². The molecule has 4 nitrogen and oxygen atoms in total. The molecule has 0 heterocycles. The molecule has 0 aliphatic carbocycles. The van der Waals surface area contributed by atoms with E-state index in [9.17, 15) is 5.11 Å². The second-order valence-corrected chi connectivity index (χ2v) is 5.18. The van der Waals surface area contributed by atoms with Crippen LogP contribution in [-0.2, 0) is 6.54 Å². The maximum absolute atomic E-state index is 9.26. The van der Waals surface area contributed by atoms with Crippen LogP contribution >= 0.6 is 12.2 Å². The molecule has 2 N–H and O–H groups in total. The molecular weight excluding hydrogens is 296 g/mol. The van der Waals surface area contributed by atoms with Crippen molar-refractivity contribution in [2.24, 2.45) is 0 Å². The predicted molar refractivity (Wildman–Crippen MR) is 93.2 cm³/mol. The molecule has 0 unspecified atom stereocenters. The minimum atomic E-state index is 0.0484. The number of rotatable bonds is 6. The summed E-state index contributed by atoms with van der Waals surface area (Å²) in [5.41, 5.74) is 2.01. The zero-order valence-corrected chi connectivity index (χ0v) is 13.3. The predicted octanol–water partition coefficient (Wildman–Crippen LogP) is 2.89. The normalized spacial score (nSPS) is 10.1. The number of hydrogen-bond acceptors (Lipinski definition) is 3. The Bertz CT molecular complexity index is 605. The fourth-order valence-electron chi connectivity index (χ4n) is 2.08. The van der Waals surface area contributed by atoms with Crippen molar-refractivity contribution in [2.75, 3.05) is 25.6 Å². The van der Waals surface area contributed by atoms with Crippen LogP contribution in [0.5, 0.6) is 5.75 Å². The maximum Gasteiger partial charge on any atom is 0.173 e. The van der Waals surface area contributed by atoms with Crippen molar-refractivity contribution in [1.29, 1.82) is 0 Å². The van der Waals surface area contributed by atoms with Crippen LogP contribution in [0.4, 0.5) is 5.69 Å². The van der Waals surface area contributed by atoms with E-state index in [-0.39, 0.29) is 6.61 Å². The summed E-state index contributed by atoms with van der Waals surface area (Å²) >= 11 is 5.46. The van der Waals surface area contributed by atoms with Crippen LogP contribution in [0.25, 0.3) is 0 Å². The van der Waals surface area contributed by atoms with Gasteiger partial charge in [0.25, 0.3) is 0 Å². The Balaban J connectivity index is 2.05. The van der Waals surface area contributed by atoms with Crippen molar-refractivity contribution in [3.63, 3.8) is 0 Å². The number of aliphatic hydroxyl groups excluding tert-OH is 1. The lowest BCUT2D eigenvalue weighted by Gasteiger charge is -2.25. The van der Waals surface area contributed by atoms with E-state index in [2.05, 4.69) is 5.32 Å². The van der Waals surface area contributed by atoms with Crippen molar-refractivity contribution in [1.82, 2.24) is 4.90 Å². The van der Waals surface area contributed by atoms with Crippen LogP contribution in [0.3, 0.4) is 0 Å². The van der Waals surface area contributed by atoms with Gasteiger partial charge in [0.2, 0.25) is 0 Å². The number of nitrogens with one attached hydrogen (secondary N) is 1. The second-order valence-electron chi connectivity index (χ2n) is 4.79. The number of benzene rings is 2. The summed E-state index contributed by atoms with van der Waals surface area (Å²) in [4.78, 5) is 1.93. The smallest absolute Gasteiger partial charge is 0.173 e. The highest BCUT2D eigenvalue weighted by Crippen LogP contribution is 2.17. The molecule has 0 aliphatic rings. The zero-order valence-electron chi connectivity index (χ0n) is 12.5. The van der Waals surface area contributed by atoms with Crippen molar-refractivity contribution in [3.05, 3.63) is 60.2 Å². The summed E-state index contributed by atoms with van der Waals surface area (Å²) in [7, 11) is 1.63. The Kier molecular flexibility index (Phi) is 6.18. The molecule has 0 saturated carbocycles. The number of nitrogens with zero attached hydrogens (tertiary/aromatic N) is 1. The maximum atomic E-state index is 9.26. The summed E-state index contributed by atoms with van der Waals surface area (Å²) in [5.74, 6) is 0.768. The van der Waals surface area contributed by atoms with Crippen LogP contribution in [0.15, 0.2) is 54.6 Å². The quantitative estimate of drug-likeness (QED) is 0.802. The van der Waals surface area contributed by atoms with Crippen LogP contribution in [-0.4, -0.2) is 35.4 Å². The molecule has 0 amide bonds. The third kappa shape index (κ3) is 4.72. The summed E-state index contributed by atoms with van der Waals surface area (Å²) in [6, 6.07) is 17.6. The SMILES string of the molecule is COc1cccc(NC(=S)N(CCO)Cc2ccccc2)c1. The lowest BCUT2D eigenvalue weighted by molar-refractivity contribution is 0.248. The van der Waals surface area contributed by atoms with E-state index >= 15 is 0 Å². The molecule has 22 heavy (non-hydrogen) atoms. The van der Waals surface area contributed by atoms with Crippen LogP contribution < -0.4 is 10.1 Å². The molecule has 0 spiro atoms. The molecular formula is C17H20N2O2S. The summed E-state index contributed by atoms with van der Waals surface area (Å²) in [5, 5.41) is 13.0. The molecule has 2 aromatic rings. The van der Waals surface area contributed by atoms with Gasteiger partial charge in [0.1, 0.15) is 5.75 Å². The largest absolute Gasteiger partial charge is 0.497 e. The Labute approximate surface area is 136 Å². The van der Waals surface area contributed by atoms with E-state index in [4.69, 9.17) is 17.0 Å². The average Bonchev–Trinajstić information content (AvgIpc) is 2.55. The topological polar surface area (TPSA) is 44.7 Å². The Morgan fingerprint density at radius 3 is 2.64 bits per heavy atom. The molecule has 0 fully saturated rings. The van der Waals surface area contributed by atoms with Gasteiger partial charge in [-0.05, 0) is 29.9 Å². The van der Waals surface area contributed by atoms with Gasteiger partial charge in [-0.25, -0.2) is 0 Å². The average molecular weight is 316 g/mol. The van der Waals surface area contributed by atoms with E-state index in [0.29, 0.717) is 18.2 Å². The molecule has 2 aromatic carbocycles. The number of thiocarbonyl (C=S) groups is 1. The summed E-state index contributed by atoms with van der Waals surface area (Å²) in [6.45, 7) is 1.18. The summed E-state index contributed by atoms with van der Waals surface area (Å²) < 4.78 is 5.20. The number of hydrogen-bond donors (Lipinski definition) is 2. The van der Waals surface area contributed by atoms with Gasteiger partial charge in [0, 0.05) is 24.8 Å². The van der Waals surface area contributed by atoms with Crippen molar-refractivity contribution < 1.29 is 9.84 Å². The number of aliphatic hydroxyl groups is 1. The Hall–Kier alpha value is -2.11. The third-order valence-electron chi connectivity index (χ3n) is 3.19. The third-order valence-corrected chi connectivity index (χ3v) is 3.55. The van der Waals surface area contributed by atoms with Gasteiger partial charge in [-0.3, -0.25) is 0 Å². The molecule has 0 atom stereocenters. The van der Waals surface area contributed by atoms with Gasteiger partial charge >= 0.3 is 0 Å². The van der Waals surface area contributed by atoms with Crippen molar-refractivity contribution >= 4 is 23.0 Å². The standard InChI is InChI=1S/C17H20N2O2S/c1-21-16-9-5-8-15(12-16)18-17(22)19(10-11-20)13-14-6-3-2-4-7-14/h2-9,12,20H,10-11,13H2,1H3,(H,18,22). The van der Waals surface area contributed by atoms with Crippen LogP contribution in [0.1, 0.15) is 5.56 Å². The van der Waals surface area contributed by atoms with Crippen LogP contribution in [0.2, 0.25) is 0 Å². The fraction of sp³-hybridized carbons (Fsp3) is 0.235. The number of ether oxygens (including phenoxy) is 1. The molecule has 116 valence electrons. The van der Waals surface area contributed by atoms with Gasteiger partial charge < -0.3 is 20.1 Å². The first-order valence-electron chi connectivity index (χ1n) is 7.07. The van der Waals surface area contributed by atoms with E-state index in [1.807, 2.05) is 59.5 Å². The number of methoxy groups -OCH3 is 1.